The molecule has 0 atom stereocenters. The predicted octanol–water partition coefficient (Wildman–Crippen LogP) is 5.58. The quantitative estimate of drug-likeness (QED) is 0.445. The molecule has 0 bridgehead atoms. The molecule has 3 heterocycles. The summed E-state index contributed by atoms with van der Waals surface area (Å²) >= 11 is 12.7. The van der Waals surface area contributed by atoms with E-state index in [1.54, 1.807) is 12.4 Å². The van der Waals surface area contributed by atoms with Crippen molar-refractivity contribution < 1.29 is 0 Å². The molecule has 0 aliphatic heterocycles. The van der Waals surface area contributed by atoms with Crippen LogP contribution in [0.5, 0.6) is 0 Å². The molecule has 0 aliphatic rings. The fraction of sp³-hybridized carbons (Fsp3) is 0.111. The van der Waals surface area contributed by atoms with E-state index < -0.39 is 0 Å². The van der Waals surface area contributed by atoms with Crippen molar-refractivity contribution in [1.82, 2.24) is 14.5 Å². The highest BCUT2D eigenvalue weighted by Crippen LogP contribution is 2.39. The lowest BCUT2D eigenvalue weighted by Crippen LogP contribution is -1.96. The van der Waals surface area contributed by atoms with Gasteiger partial charge in [-0.25, -0.2) is 4.98 Å². The standard InChI is InChI=1S/C18H13Cl2N3/c1-2-23-16-10-21-7-5-12(16)14-8-11(19)9-15(17(14)23)13-4-3-6-22-18(13)20/h3-10H,2H2,1H3. The van der Waals surface area contributed by atoms with Gasteiger partial charge in [0.1, 0.15) is 5.15 Å². The van der Waals surface area contributed by atoms with Gasteiger partial charge in [-0.15, -0.1) is 0 Å². The lowest BCUT2D eigenvalue weighted by Gasteiger charge is -2.10. The second-order valence-corrected chi connectivity index (χ2v) is 6.12. The molecular formula is C18H13Cl2N3. The summed E-state index contributed by atoms with van der Waals surface area (Å²) in [7, 11) is 0. The Bertz CT molecular complexity index is 1040. The number of fused-ring (bicyclic) bond motifs is 3. The second kappa shape index (κ2) is 5.52. The van der Waals surface area contributed by atoms with Crippen LogP contribution in [0.25, 0.3) is 32.9 Å². The van der Waals surface area contributed by atoms with E-state index in [2.05, 4.69) is 21.5 Å². The molecule has 3 nitrogen and oxygen atoms in total. The molecule has 23 heavy (non-hydrogen) atoms. The maximum absolute atomic E-state index is 6.39. The third-order valence-electron chi connectivity index (χ3n) is 4.09. The van der Waals surface area contributed by atoms with Crippen LogP contribution >= 0.6 is 23.2 Å². The first kappa shape index (κ1) is 14.5. The molecule has 0 amide bonds. The Morgan fingerprint density at radius 2 is 1.91 bits per heavy atom. The van der Waals surface area contributed by atoms with E-state index in [4.69, 9.17) is 23.2 Å². The number of aryl methyl sites for hydroxylation is 1. The SMILES string of the molecule is CCn1c2cnccc2c2cc(Cl)cc(-c3cccnc3Cl)c21. The fourth-order valence-corrected chi connectivity index (χ4v) is 3.60. The molecule has 4 aromatic rings. The summed E-state index contributed by atoms with van der Waals surface area (Å²) in [5.41, 5.74) is 4.07. The maximum Gasteiger partial charge on any atom is 0.136 e. The molecule has 0 spiro atoms. The highest BCUT2D eigenvalue weighted by molar-refractivity contribution is 6.34. The Morgan fingerprint density at radius 3 is 2.70 bits per heavy atom. The summed E-state index contributed by atoms with van der Waals surface area (Å²) in [6.07, 6.45) is 5.38. The van der Waals surface area contributed by atoms with Crippen molar-refractivity contribution in [3.05, 3.63) is 59.1 Å². The van der Waals surface area contributed by atoms with Crippen LogP contribution in [-0.4, -0.2) is 14.5 Å². The Morgan fingerprint density at radius 1 is 1.04 bits per heavy atom. The van der Waals surface area contributed by atoms with Crippen molar-refractivity contribution in [2.75, 3.05) is 0 Å². The van der Waals surface area contributed by atoms with Gasteiger partial charge in [0.25, 0.3) is 0 Å². The molecule has 3 aromatic heterocycles. The van der Waals surface area contributed by atoms with Crippen molar-refractivity contribution in [2.45, 2.75) is 13.5 Å². The normalized spacial score (nSPS) is 11.4. The van der Waals surface area contributed by atoms with Gasteiger partial charge in [0.2, 0.25) is 0 Å². The van der Waals surface area contributed by atoms with Gasteiger partial charge in [-0.3, -0.25) is 4.98 Å². The van der Waals surface area contributed by atoms with Crippen LogP contribution in [0.4, 0.5) is 0 Å². The Kier molecular flexibility index (Phi) is 3.47. The molecule has 0 saturated heterocycles. The molecule has 0 radical (unpaired) electrons. The van der Waals surface area contributed by atoms with Crippen LogP contribution in [0.3, 0.4) is 0 Å². The van der Waals surface area contributed by atoms with Crippen LogP contribution in [-0.2, 0) is 6.54 Å². The van der Waals surface area contributed by atoms with E-state index >= 15 is 0 Å². The van der Waals surface area contributed by atoms with Gasteiger partial charge in [-0.2, -0.15) is 0 Å². The van der Waals surface area contributed by atoms with Gasteiger partial charge in [0.05, 0.1) is 17.2 Å². The number of hydrogen-bond donors (Lipinski definition) is 0. The Hall–Kier alpha value is -2.10. The van der Waals surface area contributed by atoms with E-state index in [-0.39, 0.29) is 0 Å². The van der Waals surface area contributed by atoms with E-state index in [0.29, 0.717) is 10.2 Å². The van der Waals surface area contributed by atoms with Gasteiger partial charge in [0, 0.05) is 45.9 Å². The highest BCUT2D eigenvalue weighted by Gasteiger charge is 2.17. The van der Waals surface area contributed by atoms with Gasteiger partial charge in [-0.1, -0.05) is 23.2 Å². The summed E-state index contributed by atoms with van der Waals surface area (Å²) in [6, 6.07) is 9.82. The van der Waals surface area contributed by atoms with Crippen LogP contribution in [0.15, 0.2) is 48.9 Å². The molecule has 1 aromatic carbocycles. The highest BCUT2D eigenvalue weighted by atomic mass is 35.5. The third kappa shape index (κ3) is 2.19. The van der Waals surface area contributed by atoms with Crippen LogP contribution in [0.2, 0.25) is 10.2 Å². The first-order chi connectivity index (χ1) is 11.2. The smallest absolute Gasteiger partial charge is 0.136 e. The summed E-state index contributed by atoms with van der Waals surface area (Å²) in [5.74, 6) is 0. The van der Waals surface area contributed by atoms with Crippen LogP contribution in [0, 0.1) is 0 Å². The van der Waals surface area contributed by atoms with Crippen molar-refractivity contribution in [2.24, 2.45) is 0 Å². The second-order valence-electron chi connectivity index (χ2n) is 5.33. The average molecular weight is 342 g/mol. The zero-order valence-corrected chi connectivity index (χ0v) is 13.9. The number of nitrogens with zero attached hydrogens (tertiary/aromatic N) is 3. The molecule has 0 saturated carbocycles. The van der Waals surface area contributed by atoms with Crippen LogP contribution in [0.1, 0.15) is 6.92 Å². The Labute approximate surface area is 143 Å². The zero-order valence-electron chi connectivity index (χ0n) is 12.4. The molecule has 0 aliphatic carbocycles. The minimum atomic E-state index is 0.474. The minimum Gasteiger partial charge on any atom is -0.339 e. The number of halogens is 2. The Balaban J connectivity index is 2.23. The van der Waals surface area contributed by atoms with Crippen molar-refractivity contribution in [1.29, 1.82) is 0 Å². The van der Waals surface area contributed by atoms with Gasteiger partial charge >= 0.3 is 0 Å². The van der Waals surface area contributed by atoms with E-state index in [0.717, 1.165) is 39.5 Å². The fourth-order valence-electron chi connectivity index (χ4n) is 3.17. The van der Waals surface area contributed by atoms with E-state index in [1.165, 1.54) is 0 Å². The van der Waals surface area contributed by atoms with Gasteiger partial charge in [0.15, 0.2) is 0 Å². The number of hydrogen-bond acceptors (Lipinski definition) is 2. The van der Waals surface area contributed by atoms with E-state index in [1.807, 2.05) is 36.5 Å². The van der Waals surface area contributed by atoms with Crippen LogP contribution < -0.4 is 0 Å². The van der Waals surface area contributed by atoms with Gasteiger partial charge in [-0.05, 0) is 37.3 Å². The van der Waals surface area contributed by atoms with Crippen molar-refractivity contribution in [3.63, 3.8) is 0 Å². The minimum absolute atomic E-state index is 0.474. The summed E-state index contributed by atoms with van der Waals surface area (Å²) < 4.78 is 2.24. The summed E-state index contributed by atoms with van der Waals surface area (Å²) in [6.45, 7) is 2.95. The molecule has 0 fully saturated rings. The van der Waals surface area contributed by atoms with E-state index in [9.17, 15) is 0 Å². The molecule has 4 rings (SSSR count). The molecule has 0 unspecified atom stereocenters. The summed E-state index contributed by atoms with van der Waals surface area (Å²) in [5, 5.41) is 3.40. The topological polar surface area (TPSA) is 30.7 Å². The van der Waals surface area contributed by atoms with Crippen molar-refractivity contribution in [3.8, 4) is 11.1 Å². The predicted molar refractivity (Wildman–Crippen MR) is 96.2 cm³/mol. The first-order valence-corrected chi connectivity index (χ1v) is 8.12. The molecule has 114 valence electrons. The summed E-state index contributed by atoms with van der Waals surface area (Å²) in [4.78, 5) is 8.47. The molecular weight excluding hydrogens is 329 g/mol. The number of pyridine rings is 2. The largest absolute Gasteiger partial charge is 0.339 e. The first-order valence-electron chi connectivity index (χ1n) is 7.37. The molecule has 0 N–H and O–H groups in total. The monoisotopic (exact) mass is 341 g/mol. The number of aromatic nitrogens is 3. The third-order valence-corrected chi connectivity index (χ3v) is 4.61. The zero-order chi connectivity index (χ0) is 16.0. The van der Waals surface area contributed by atoms with Gasteiger partial charge < -0.3 is 4.57 Å². The average Bonchev–Trinajstić information content (AvgIpc) is 2.88. The molecule has 5 heteroatoms. The number of benzene rings is 1. The maximum atomic E-state index is 6.39. The lowest BCUT2D eigenvalue weighted by molar-refractivity contribution is 0.826. The lowest BCUT2D eigenvalue weighted by atomic mass is 10.0. The number of rotatable bonds is 2. The van der Waals surface area contributed by atoms with Crippen molar-refractivity contribution >= 4 is 45.0 Å².